The number of rotatable bonds is 4. The number of hydrogen-bond donors (Lipinski definition) is 1. The van der Waals surface area contributed by atoms with Gasteiger partial charge in [-0.1, -0.05) is 49.3 Å². The molecule has 1 aromatic carbocycles. The van der Waals surface area contributed by atoms with Crippen molar-refractivity contribution in [3.63, 3.8) is 0 Å². The smallest absolute Gasteiger partial charge is 0.270 e. The van der Waals surface area contributed by atoms with Gasteiger partial charge in [0.15, 0.2) is 0 Å². The molecule has 1 aromatic heterocycles. The van der Waals surface area contributed by atoms with Gasteiger partial charge in [-0.2, -0.15) is 0 Å². The minimum atomic E-state index is -0.543. The standard InChI is InChI=1S/C30H32N4O2/c35-27-25(21-11-12-21)33-30(13-3-1-2-4-14-30)34(27)16-6-7-20-9-10-22-18-29(19-23(22)17-20)24-8-5-15-31-26(24)32-28(29)36/h5-10,15,17,21H,1-4,11-14,16,18-19H2,(H,31,32,36)/b7-6+/t29-/m1/s1. The minimum absolute atomic E-state index is 0.0530. The fourth-order valence-electron chi connectivity index (χ4n) is 6.90. The van der Waals surface area contributed by atoms with Crippen LogP contribution in [0.25, 0.3) is 6.08 Å². The Bertz CT molecular complexity index is 1320. The number of aliphatic imine (C=N–C) groups is 1. The molecule has 6 nitrogen and oxygen atoms in total. The van der Waals surface area contributed by atoms with E-state index in [4.69, 9.17) is 4.99 Å². The van der Waals surface area contributed by atoms with Crippen molar-refractivity contribution in [2.75, 3.05) is 11.9 Å². The second-order valence-electron chi connectivity index (χ2n) is 11.3. The van der Waals surface area contributed by atoms with Gasteiger partial charge in [-0.25, -0.2) is 4.98 Å². The lowest BCUT2D eigenvalue weighted by Gasteiger charge is -2.35. The highest BCUT2D eigenvalue weighted by Crippen LogP contribution is 2.47. The summed E-state index contributed by atoms with van der Waals surface area (Å²) in [6.07, 6.45) is 16.4. The van der Waals surface area contributed by atoms with Crippen LogP contribution in [-0.4, -0.2) is 39.6 Å². The van der Waals surface area contributed by atoms with E-state index in [-0.39, 0.29) is 17.5 Å². The highest BCUT2D eigenvalue weighted by Gasteiger charge is 2.51. The Hall–Kier alpha value is -3.28. The number of carbonyl (C=O) groups is 2. The number of nitrogens with one attached hydrogen (secondary N) is 1. The van der Waals surface area contributed by atoms with E-state index in [1.54, 1.807) is 6.20 Å². The molecule has 2 spiro atoms. The van der Waals surface area contributed by atoms with E-state index in [2.05, 4.69) is 45.6 Å². The molecule has 2 aromatic rings. The van der Waals surface area contributed by atoms with Crippen LogP contribution in [0.2, 0.25) is 0 Å². The molecule has 1 atom stereocenters. The zero-order valence-electron chi connectivity index (χ0n) is 20.6. The lowest BCUT2D eigenvalue weighted by molar-refractivity contribution is -0.127. The molecule has 2 fully saturated rings. The van der Waals surface area contributed by atoms with Gasteiger partial charge >= 0.3 is 0 Å². The molecule has 3 heterocycles. The van der Waals surface area contributed by atoms with Crippen molar-refractivity contribution in [1.29, 1.82) is 0 Å². The van der Waals surface area contributed by atoms with Crippen molar-refractivity contribution >= 4 is 29.4 Å². The zero-order valence-corrected chi connectivity index (χ0v) is 20.6. The van der Waals surface area contributed by atoms with Crippen molar-refractivity contribution in [1.82, 2.24) is 9.88 Å². The Labute approximate surface area is 211 Å². The first-order chi connectivity index (χ1) is 17.6. The molecule has 6 heteroatoms. The van der Waals surface area contributed by atoms with Crippen molar-refractivity contribution in [3.05, 3.63) is 64.9 Å². The molecule has 2 saturated carbocycles. The lowest BCUT2D eigenvalue weighted by atomic mass is 9.79. The third-order valence-corrected chi connectivity index (χ3v) is 8.97. The Morgan fingerprint density at radius 3 is 2.64 bits per heavy atom. The molecule has 5 aliphatic rings. The third kappa shape index (κ3) is 3.37. The molecule has 0 radical (unpaired) electrons. The van der Waals surface area contributed by atoms with E-state index < -0.39 is 5.41 Å². The Kier molecular flexibility index (Phi) is 4.95. The van der Waals surface area contributed by atoms with Crippen molar-refractivity contribution < 1.29 is 9.59 Å². The average Bonchev–Trinajstić information content (AvgIpc) is 3.58. The van der Waals surface area contributed by atoms with Gasteiger partial charge in [-0.05, 0) is 74.1 Å². The van der Waals surface area contributed by atoms with E-state index in [1.165, 1.54) is 24.0 Å². The van der Waals surface area contributed by atoms with E-state index in [1.807, 2.05) is 12.1 Å². The summed E-state index contributed by atoms with van der Waals surface area (Å²) >= 11 is 0. The summed E-state index contributed by atoms with van der Waals surface area (Å²) < 4.78 is 0. The Balaban J connectivity index is 1.11. The minimum Gasteiger partial charge on any atom is -0.310 e. The van der Waals surface area contributed by atoms with Gasteiger partial charge in [0.05, 0.1) is 5.41 Å². The second-order valence-corrected chi connectivity index (χ2v) is 11.3. The van der Waals surface area contributed by atoms with E-state index >= 15 is 0 Å². The summed E-state index contributed by atoms with van der Waals surface area (Å²) in [6, 6.07) is 10.4. The first kappa shape index (κ1) is 22.0. The molecule has 3 aliphatic carbocycles. The predicted molar refractivity (Wildman–Crippen MR) is 140 cm³/mol. The first-order valence-corrected chi connectivity index (χ1v) is 13.6. The summed E-state index contributed by atoms with van der Waals surface area (Å²) in [4.78, 5) is 37.9. The number of hydrogen-bond acceptors (Lipinski definition) is 4. The van der Waals surface area contributed by atoms with Crippen LogP contribution in [0.1, 0.15) is 73.6 Å². The molecular weight excluding hydrogens is 448 g/mol. The van der Waals surface area contributed by atoms with E-state index in [0.29, 0.717) is 31.1 Å². The molecule has 2 aliphatic heterocycles. The number of nitrogens with zero attached hydrogens (tertiary/aromatic N) is 3. The van der Waals surface area contributed by atoms with Crippen LogP contribution in [-0.2, 0) is 27.8 Å². The number of carbonyl (C=O) groups excluding carboxylic acids is 2. The number of pyridine rings is 1. The van der Waals surface area contributed by atoms with Gasteiger partial charge in [-0.3, -0.25) is 14.6 Å². The van der Waals surface area contributed by atoms with E-state index in [0.717, 1.165) is 55.4 Å². The van der Waals surface area contributed by atoms with Crippen LogP contribution in [0.3, 0.4) is 0 Å². The van der Waals surface area contributed by atoms with Gasteiger partial charge in [0, 0.05) is 24.2 Å². The largest absolute Gasteiger partial charge is 0.310 e. The molecule has 36 heavy (non-hydrogen) atoms. The monoisotopic (exact) mass is 480 g/mol. The second kappa shape index (κ2) is 8.12. The lowest BCUT2D eigenvalue weighted by Crippen LogP contribution is -2.46. The zero-order chi connectivity index (χ0) is 24.3. The quantitative estimate of drug-likeness (QED) is 0.681. The maximum atomic E-state index is 13.4. The maximum absolute atomic E-state index is 13.4. The number of amides is 2. The Morgan fingerprint density at radius 1 is 1.03 bits per heavy atom. The summed E-state index contributed by atoms with van der Waals surface area (Å²) in [5.41, 5.74) is 4.56. The number of aromatic nitrogens is 1. The molecular formula is C30H32N4O2. The first-order valence-electron chi connectivity index (χ1n) is 13.6. The van der Waals surface area contributed by atoms with Crippen LogP contribution in [0.4, 0.5) is 5.82 Å². The summed E-state index contributed by atoms with van der Waals surface area (Å²) in [6.45, 7) is 0.598. The fourth-order valence-corrected chi connectivity index (χ4v) is 6.90. The topological polar surface area (TPSA) is 74.7 Å². The highest BCUT2D eigenvalue weighted by molar-refractivity contribution is 6.41. The molecule has 7 rings (SSSR count). The van der Waals surface area contributed by atoms with Crippen LogP contribution >= 0.6 is 0 Å². The van der Waals surface area contributed by atoms with Crippen molar-refractivity contribution in [2.45, 2.75) is 75.3 Å². The van der Waals surface area contributed by atoms with Gasteiger partial charge in [0.1, 0.15) is 17.2 Å². The van der Waals surface area contributed by atoms with E-state index in [9.17, 15) is 9.59 Å². The SMILES string of the molecule is O=C1C(C2CC2)=NC2(CCCCCC2)N1C/C=C/c1ccc2c(c1)C[C@@]1(C2)C(=O)Nc2ncccc21. The molecule has 2 amide bonds. The normalized spacial score (nSPS) is 26.4. The molecule has 0 bridgehead atoms. The summed E-state index contributed by atoms with van der Waals surface area (Å²) in [5.74, 6) is 1.31. The Morgan fingerprint density at radius 2 is 1.83 bits per heavy atom. The summed E-state index contributed by atoms with van der Waals surface area (Å²) in [7, 11) is 0. The van der Waals surface area contributed by atoms with Crippen molar-refractivity contribution in [3.8, 4) is 0 Å². The fraction of sp³-hybridized carbons (Fsp3) is 0.467. The third-order valence-electron chi connectivity index (χ3n) is 8.97. The van der Waals surface area contributed by atoms with Crippen LogP contribution < -0.4 is 5.32 Å². The summed E-state index contributed by atoms with van der Waals surface area (Å²) in [5, 5.41) is 2.99. The van der Waals surface area contributed by atoms with Crippen LogP contribution in [0.15, 0.2) is 47.6 Å². The molecule has 0 unspecified atom stereocenters. The molecule has 1 N–H and O–H groups in total. The number of anilines is 1. The molecule has 184 valence electrons. The van der Waals surface area contributed by atoms with Gasteiger partial charge in [-0.15, -0.1) is 0 Å². The van der Waals surface area contributed by atoms with Crippen LogP contribution in [0.5, 0.6) is 0 Å². The molecule has 0 saturated heterocycles. The highest BCUT2D eigenvalue weighted by atomic mass is 16.2. The van der Waals surface area contributed by atoms with Crippen LogP contribution in [0, 0.1) is 5.92 Å². The van der Waals surface area contributed by atoms with Crippen molar-refractivity contribution in [2.24, 2.45) is 10.9 Å². The van der Waals surface area contributed by atoms with Gasteiger partial charge in [0.2, 0.25) is 5.91 Å². The maximum Gasteiger partial charge on any atom is 0.270 e. The van der Waals surface area contributed by atoms with Gasteiger partial charge in [0.25, 0.3) is 5.91 Å². The average molecular weight is 481 g/mol. The predicted octanol–water partition coefficient (Wildman–Crippen LogP) is 4.83. The number of benzene rings is 1. The van der Waals surface area contributed by atoms with Gasteiger partial charge < -0.3 is 10.2 Å². The number of fused-ring (bicyclic) bond motifs is 3.